The number of nitrogens with zero attached hydrogens (tertiary/aromatic N) is 3. The summed E-state index contributed by atoms with van der Waals surface area (Å²) >= 11 is 0. The number of hydrogen-bond donors (Lipinski definition) is 0. The molecular weight excluding hydrogens is 338 g/mol. The summed E-state index contributed by atoms with van der Waals surface area (Å²) in [6.45, 7) is 6.91. The van der Waals surface area contributed by atoms with E-state index in [0.29, 0.717) is 43.1 Å². The van der Waals surface area contributed by atoms with E-state index < -0.39 is 0 Å². The van der Waals surface area contributed by atoms with Crippen LogP contribution in [0.5, 0.6) is 0 Å². The van der Waals surface area contributed by atoms with E-state index in [1.165, 1.54) is 24.8 Å². The van der Waals surface area contributed by atoms with Gasteiger partial charge in [-0.25, -0.2) is 0 Å². The summed E-state index contributed by atoms with van der Waals surface area (Å²) in [7, 11) is 0. The molecule has 0 radical (unpaired) electrons. The van der Waals surface area contributed by atoms with Crippen LogP contribution in [0.4, 0.5) is 0 Å². The molecule has 1 aromatic carbocycles. The summed E-state index contributed by atoms with van der Waals surface area (Å²) in [4.78, 5) is 19.4. The largest absolute Gasteiger partial charge is 0.339 e. The van der Waals surface area contributed by atoms with E-state index in [4.69, 9.17) is 4.52 Å². The molecule has 0 spiro atoms. The highest BCUT2D eigenvalue weighted by molar-refractivity contribution is 5.76. The third kappa shape index (κ3) is 5.41. The van der Waals surface area contributed by atoms with Crippen molar-refractivity contribution in [1.29, 1.82) is 0 Å². The molecule has 2 aromatic rings. The number of carbonyl (C=O) groups excluding carboxylic acids is 1. The summed E-state index contributed by atoms with van der Waals surface area (Å²) in [6.07, 6.45) is 7.16. The number of hydrogen-bond acceptors (Lipinski definition) is 4. The third-order valence-corrected chi connectivity index (χ3v) is 5.23. The van der Waals surface area contributed by atoms with Gasteiger partial charge in [-0.2, -0.15) is 4.98 Å². The van der Waals surface area contributed by atoms with Gasteiger partial charge in [-0.05, 0) is 31.7 Å². The molecule has 0 unspecified atom stereocenters. The molecule has 1 aliphatic carbocycles. The molecule has 0 N–H and O–H groups in total. The van der Waals surface area contributed by atoms with Crippen LogP contribution in [0.25, 0.3) is 11.4 Å². The Hall–Kier alpha value is -2.17. The van der Waals surface area contributed by atoms with Gasteiger partial charge in [0.15, 0.2) is 0 Å². The zero-order valence-electron chi connectivity index (χ0n) is 16.8. The van der Waals surface area contributed by atoms with E-state index in [1.807, 2.05) is 25.1 Å². The Morgan fingerprint density at radius 1 is 1.26 bits per heavy atom. The minimum Gasteiger partial charge on any atom is -0.339 e. The number of benzene rings is 1. The second kappa shape index (κ2) is 9.16. The van der Waals surface area contributed by atoms with E-state index >= 15 is 0 Å². The van der Waals surface area contributed by atoms with Gasteiger partial charge in [0, 0.05) is 31.0 Å². The molecule has 1 saturated carbocycles. The molecule has 0 bridgehead atoms. The van der Waals surface area contributed by atoms with Gasteiger partial charge in [0.1, 0.15) is 0 Å². The molecule has 0 aliphatic heterocycles. The standard InChI is InChI=1S/C22H31N3O2/c1-16(2)14-21(26)25(19-10-5-4-6-11-19)13-12-20-23-22(24-27-20)18-9-7-8-17(3)15-18/h7-9,15-16,19H,4-6,10-14H2,1-3H3. The number of aryl methyl sites for hydroxylation is 1. The maximum absolute atomic E-state index is 12.8. The van der Waals surface area contributed by atoms with Gasteiger partial charge in [0.25, 0.3) is 0 Å². The molecule has 1 fully saturated rings. The number of carbonyl (C=O) groups is 1. The van der Waals surface area contributed by atoms with Crippen LogP contribution < -0.4 is 0 Å². The first kappa shape index (κ1) is 19.6. The van der Waals surface area contributed by atoms with E-state index in [9.17, 15) is 4.79 Å². The smallest absolute Gasteiger partial charge is 0.228 e. The maximum atomic E-state index is 12.8. The van der Waals surface area contributed by atoms with Gasteiger partial charge in [-0.3, -0.25) is 4.79 Å². The molecule has 1 aromatic heterocycles. The van der Waals surface area contributed by atoms with Crippen molar-refractivity contribution < 1.29 is 9.32 Å². The summed E-state index contributed by atoms with van der Waals surface area (Å²) < 4.78 is 5.46. The lowest BCUT2D eigenvalue weighted by Crippen LogP contribution is -2.43. The molecule has 146 valence electrons. The average molecular weight is 370 g/mol. The molecule has 1 aliphatic rings. The average Bonchev–Trinajstić information content (AvgIpc) is 3.11. The first-order chi connectivity index (χ1) is 13.0. The molecule has 0 atom stereocenters. The van der Waals surface area contributed by atoms with E-state index in [1.54, 1.807) is 0 Å². The quantitative estimate of drug-likeness (QED) is 0.704. The van der Waals surface area contributed by atoms with Crippen molar-refractivity contribution in [3.8, 4) is 11.4 Å². The van der Waals surface area contributed by atoms with Crippen LogP contribution in [-0.4, -0.2) is 33.5 Å². The summed E-state index contributed by atoms with van der Waals surface area (Å²) in [5, 5.41) is 4.12. The van der Waals surface area contributed by atoms with Crippen LogP contribution in [0.3, 0.4) is 0 Å². The lowest BCUT2D eigenvalue weighted by molar-refractivity contribution is -0.135. The van der Waals surface area contributed by atoms with Crippen LogP contribution in [0.2, 0.25) is 0 Å². The Kier molecular flexibility index (Phi) is 6.64. The number of amides is 1. The van der Waals surface area contributed by atoms with Crippen molar-refractivity contribution in [3.05, 3.63) is 35.7 Å². The first-order valence-corrected chi connectivity index (χ1v) is 10.2. The minimum atomic E-state index is 0.260. The second-order valence-electron chi connectivity index (χ2n) is 8.11. The Bertz CT molecular complexity index is 748. The predicted molar refractivity (Wildman–Crippen MR) is 106 cm³/mol. The van der Waals surface area contributed by atoms with Crippen molar-refractivity contribution in [2.45, 2.75) is 71.8 Å². The Balaban J connectivity index is 1.66. The lowest BCUT2D eigenvalue weighted by atomic mass is 9.93. The third-order valence-electron chi connectivity index (χ3n) is 5.23. The summed E-state index contributed by atoms with van der Waals surface area (Å²) in [5.41, 5.74) is 2.13. The van der Waals surface area contributed by atoms with Crippen molar-refractivity contribution in [1.82, 2.24) is 15.0 Å². The van der Waals surface area contributed by atoms with Gasteiger partial charge in [0.05, 0.1) is 0 Å². The molecular formula is C22H31N3O2. The fraction of sp³-hybridized carbons (Fsp3) is 0.591. The van der Waals surface area contributed by atoms with E-state index in [2.05, 4.69) is 35.0 Å². The summed E-state index contributed by atoms with van der Waals surface area (Å²) in [6, 6.07) is 8.45. The number of rotatable bonds is 7. The van der Waals surface area contributed by atoms with Crippen molar-refractivity contribution >= 4 is 5.91 Å². The van der Waals surface area contributed by atoms with Gasteiger partial charge >= 0.3 is 0 Å². The van der Waals surface area contributed by atoms with Gasteiger partial charge in [-0.1, -0.05) is 62.0 Å². The van der Waals surface area contributed by atoms with E-state index in [-0.39, 0.29) is 5.91 Å². The SMILES string of the molecule is Cc1cccc(-c2noc(CCN(C(=O)CC(C)C)C3CCCCC3)n2)c1. The zero-order chi connectivity index (χ0) is 19.2. The normalized spacial score (nSPS) is 15.3. The van der Waals surface area contributed by atoms with Crippen molar-refractivity contribution in [3.63, 3.8) is 0 Å². The Morgan fingerprint density at radius 2 is 2.04 bits per heavy atom. The van der Waals surface area contributed by atoms with Crippen LogP contribution in [-0.2, 0) is 11.2 Å². The molecule has 5 nitrogen and oxygen atoms in total. The van der Waals surface area contributed by atoms with Crippen molar-refractivity contribution in [2.24, 2.45) is 5.92 Å². The van der Waals surface area contributed by atoms with E-state index in [0.717, 1.165) is 18.4 Å². The Labute approximate surface area is 162 Å². The first-order valence-electron chi connectivity index (χ1n) is 10.2. The topological polar surface area (TPSA) is 59.2 Å². The highest BCUT2D eigenvalue weighted by atomic mass is 16.5. The fourth-order valence-electron chi connectivity index (χ4n) is 3.84. The van der Waals surface area contributed by atoms with Crippen LogP contribution >= 0.6 is 0 Å². The second-order valence-corrected chi connectivity index (χ2v) is 8.11. The fourth-order valence-corrected chi connectivity index (χ4v) is 3.84. The van der Waals surface area contributed by atoms with Gasteiger partial charge < -0.3 is 9.42 Å². The molecule has 1 heterocycles. The molecule has 1 amide bonds. The van der Waals surface area contributed by atoms with Crippen LogP contribution in [0, 0.1) is 12.8 Å². The lowest BCUT2D eigenvalue weighted by Gasteiger charge is -2.34. The van der Waals surface area contributed by atoms with Crippen molar-refractivity contribution in [2.75, 3.05) is 6.54 Å². The zero-order valence-corrected chi connectivity index (χ0v) is 16.8. The van der Waals surface area contributed by atoms with Crippen LogP contribution in [0.15, 0.2) is 28.8 Å². The minimum absolute atomic E-state index is 0.260. The van der Waals surface area contributed by atoms with Gasteiger partial charge in [-0.15, -0.1) is 0 Å². The Morgan fingerprint density at radius 3 is 2.74 bits per heavy atom. The van der Waals surface area contributed by atoms with Gasteiger partial charge in [0.2, 0.25) is 17.6 Å². The molecule has 27 heavy (non-hydrogen) atoms. The highest BCUT2D eigenvalue weighted by Crippen LogP contribution is 2.24. The highest BCUT2D eigenvalue weighted by Gasteiger charge is 2.26. The molecule has 3 rings (SSSR count). The maximum Gasteiger partial charge on any atom is 0.228 e. The predicted octanol–water partition coefficient (Wildman–Crippen LogP) is 4.79. The molecule has 0 saturated heterocycles. The number of aromatic nitrogens is 2. The summed E-state index contributed by atoms with van der Waals surface area (Å²) in [5.74, 6) is 1.85. The molecule has 5 heteroatoms. The monoisotopic (exact) mass is 369 g/mol. The van der Waals surface area contributed by atoms with Crippen LogP contribution in [0.1, 0.15) is 63.8 Å².